The molecule has 4 rings (SSSR count). The maximum atomic E-state index is 5.90. The van der Waals surface area contributed by atoms with Gasteiger partial charge in [-0.25, -0.2) is 0 Å². The zero-order valence-corrected chi connectivity index (χ0v) is 16.2. The molecule has 0 atom stereocenters. The number of nitrogens with zero attached hydrogens (tertiary/aromatic N) is 2. The molecule has 1 aliphatic rings. The van der Waals surface area contributed by atoms with Crippen LogP contribution in [0.25, 0.3) is 11.0 Å². The molecule has 1 fully saturated rings. The first-order chi connectivity index (χ1) is 13.3. The number of hydrogen-bond donors (Lipinski definition) is 1. The van der Waals surface area contributed by atoms with Gasteiger partial charge in [0.15, 0.2) is 0 Å². The van der Waals surface area contributed by atoms with Gasteiger partial charge in [0.1, 0.15) is 11.3 Å². The van der Waals surface area contributed by atoms with E-state index in [0.717, 1.165) is 50.6 Å². The standard InChI is InChI=1S/C23H29N3O/c1-2-25-11-13-26(14-12-25)18-21-9-4-3-8-20(21)16-24-17-22-15-19-7-5-6-10-23(19)27-22/h3-10,15,24H,2,11-14,16-18H2,1H3. The normalized spacial score (nSPS) is 16.2. The number of nitrogens with one attached hydrogen (secondary N) is 1. The Morgan fingerprint density at radius 3 is 2.33 bits per heavy atom. The van der Waals surface area contributed by atoms with E-state index < -0.39 is 0 Å². The summed E-state index contributed by atoms with van der Waals surface area (Å²) in [7, 11) is 0. The molecule has 0 spiro atoms. The van der Waals surface area contributed by atoms with Crippen molar-refractivity contribution in [3.05, 3.63) is 71.5 Å². The van der Waals surface area contributed by atoms with Crippen molar-refractivity contribution in [3.63, 3.8) is 0 Å². The molecule has 4 heteroatoms. The molecule has 1 N–H and O–H groups in total. The maximum Gasteiger partial charge on any atom is 0.134 e. The van der Waals surface area contributed by atoms with E-state index in [9.17, 15) is 0 Å². The first kappa shape index (κ1) is 18.2. The summed E-state index contributed by atoms with van der Waals surface area (Å²) < 4.78 is 5.90. The van der Waals surface area contributed by atoms with E-state index in [2.05, 4.69) is 58.4 Å². The number of furan rings is 1. The molecule has 0 bridgehead atoms. The topological polar surface area (TPSA) is 31.6 Å². The van der Waals surface area contributed by atoms with E-state index in [0.29, 0.717) is 0 Å². The summed E-state index contributed by atoms with van der Waals surface area (Å²) in [5.74, 6) is 0.990. The lowest BCUT2D eigenvalue weighted by molar-refractivity contribution is 0.131. The SMILES string of the molecule is CCN1CCN(Cc2ccccc2CNCc2cc3ccccc3o2)CC1. The Hall–Kier alpha value is -2.14. The summed E-state index contributed by atoms with van der Waals surface area (Å²) in [6.45, 7) is 10.8. The molecule has 27 heavy (non-hydrogen) atoms. The minimum atomic E-state index is 0.748. The van der Waals surface area contributed by atoms with E-state index in [1.54, 1.807) is 0 Å². The van der Waals surface area contributed by atoms with E-state index >= 15 is 0 Å². The monoisotopic (exact) mass is 363 g/mol. The highest BCUT2D eigenvalue weighted by molar-refractivity contribution is 5.77. The van der Waals surface area contributed by atoms with Crippen LogP contribution in [0.4, 0.5) is 0 Å². The summed E-state index contributed by atoms with van der Waals surface area (Å²) in [5, 5.41) is 4.72. The molecule has 1 aromatic heterocycles. The van der Waals surface area contributed by atoms with Crippen LogP contribution in [0, 0.1) is 0 Å². The van der Waals surface area contributed by atoms with Gasteiger partial charge in [-0.15, -0.1) is 0 Å². The Labute approximate surface area is 161 Å². The minimum absolute atomic E-state index is 0.748. The quantitative estimate of drug-likeness (QED) is 0.691. The molecule has 3 aromatic rings. The van der Waals surface area contributed by atoms with Crippen LogP contribution in [-0.2, 0) is 19.6 Å². The fourth-order valence-corrected chi connectivity index (χ4v) is 3.83. The molecule has 2 heterocycles. The van der Waals surface area contributed by atoms with Crippen molar-refractivity contribution in [3.8, 4) is 0 Å². The van der Waals surface area contributed by atoms with E-state index in [1.165, 1.54) is 29.6 Å². The predicted molar refractivity (Wildman–Crippen MR) is 111 cm³/mol. The van der Waals surface area contributed by atoms with Crippen molar-refractivity contribution in [2.75, 3.05) is 32.7 Å². The van der Waals surface area contributed by atoms with Gasteiger partial charge < -0.3 is 14.6 Å². The van der Waals surface area contributed by atoms with Crippen LogP contribution in [0.5, 0.6) is 0 Å². The second-order valence-corrected chi connectivity index (χ2v) is 7.33. The van der Waals surface area contributed by atoms with Gasteiger partial charge in [0.25, 0.3) is 0 Å². The van der Waals surface area contributed by atoms with E-state index in [1.807, 2.05) is 18.2 Å². The van der Waals surface area contributed by atoms with E-state index in [4.69, 9.17) is 4.42 Å². The van der Waals surface area contributed by atoms with Gasteiger partial charge in [-0.3, -0.25) is 4.90 Å². The summed E-state index contributed by atoms with van der Waals surface area (Å²) in [5.41, 5.74) is 3.77. The van der Waals surface area contributed by atoms with Crippen molar-refractivity contribution in [2.24, 2.45) is 0 Å². The fourth-order valence-electron chi connectivity index (χ4n) is 3.83. The lowest BCUT2D eigenvalue weighted by atomic mass is 10.1. The Bertz CT molecular complexity index is 832. The third kappa shape index (κ3) is 4.59. The van der Waals surface area contributed by atoms with Crippen LogP contribution >= 0.6 is 0 Å². The molecule has 2 aromatic carbocycles. The van der Waals surface area contributed by atoms with Crippen LogP contribution in [0.2, 0.25) is 0 Å². The van der Waals surface area contributed by atoms with Gasteiger partial charge in [0, 0.05) is 44.7 Å². The maximum absolute atomic E-state index is 5.90. The summed E-state index contributed by atoms with van der Waals surface area (Å²) in [6, 6.07) is 19.1. The van der Waals surface area contributed by atoms with Gasteiger partial charge in [0.05, 0.1) is 6.54 Å². The van der Waals surface area contributed by atoms with Crippen LogP contribution in [0.1, 0.15) is 23.8 Å². The highest BCUT2D eigenvalue weighted by Crippen LogP contribution is 2.19. The van der Waals surface area contributed by atoms with Gasteiger partial charge in [-0.2, -0.15) is 0 Å². The second-order valence-electron chi connectivity index (χ2n) is 7.33. The smallest absolute Gasteiger partial charge is 0.134 e. The molecule has 0 saturated carbocycles. The Morgan fingerprint density at radius 2 is 1.56 bits per heavy atom. The molecular weight excluding hydrogens is 334 g/mol. The largest absolute Gasteiger partial charge is 0.460 e. The van der Waals surface area contributed by atoms with Crippen LogP contribution in [0.3, 0.4) is 0 Å². The fraction of sp³-hybridized carbons (Fsp3) is 0.391. The average Bonchev–Trinajstić information content (AvgIpc) is 3.13. The van der Waals surface area contributed by atoms with Gasteiger partial charge in [-0.1, -0.05) is 49.4 Å². The number of piperazine rings is 1. The Kier molecular flexibility index (Phi) is 5.87. The Balaban J connectivity index is 1.34. The van der Waals surface area contributed by atoms with Gasteiger partial charge in [-0.05, 0) is 29.8 Å². The first-order valence-corrected chi connectivity index (χ1v) is 10.0. The highest BCUT2D eigenvalue weighted by Gasteiger charge is 2.16. The zero-order chi connectivity index (χ0) is 18.5. The molecule has 1 saturated heterocycles. The minimum Gasteiger partial charge on any atom is -0.460 e. The van der Waals surface area contributed by atoms with Crippen molar-refractivity contribution in [1.29, 1.82) is 0 Å². The number of fused-ring (bicyclic) bond motifs is 1. The van der Waals surface area contributed by atoms with Gasteiger partial charge >= 0.3 is 0 Å². The molecule has 0 aliphatic carbocycles. The van der Waals surface area contributed by atoms with Crippen molar-refractivity contribution < 1.29 is 4.42 Å². The predicted octanol–water partition coefficient (Wildman–Crippen LogP) is 3.86. The lowest BCUT2D eigenvalue weighted by Crippen LogP contribution is -2.45. The molecule has 0 radical (unpaired) electrons. The van der Waals surface area contributed by atoms with Gasteiger partial charge in [0.2, 0.25) is 0 Å². The third-order valence-electron chi connectivity index (χ3n) is 5.52. The Morgan fingerprint density at radius 1 is 0.852 bits per heavy atom. The molecular formula is C23H29N3O. The number of para-hydroxylation sites is 1. The van der Waals surface area contributed by atoms with Crippen molar-refractivity contribution in [1.82, 2.24) is 15.1 Å². The first-order valence-electron chi connectivity index (χ1n) is 10.0. The lowest BCUT2D eigenvalue weighted by Gasteiger charge is -2.34. The van der Waals surface area contributed by atoms with Crippen LogP contribution in [-0.4, -0.2) is 42.5 Å². The third-order valence-corrected chi connectivity index (χ3v) is 5.52. The molecule has 0 amide bonds. The van der Waals surface area contributed by atoms with E-state index in [-0.39, 0.29) is 0 Å². The number of likely N-dealkylation sites (N-methyl/N-ethyl adjacent to an activating group) is 1. The molecule has 4 nitrogen and oxygen atoms in total. The van der Waals surface area contributed by atoms with Crippen molar-refractivity contribution >= 4 is 11.0 Å². The summed E-state index contributed by atoms with van der Waals surface area (Å²) in [6.07, 6.45) is 0. The van der Waals surface area contributed by atoms with Crippen LogP contribution in [0.15, 0.2) is 59.0 Å². The molecule has 1 aliphatic heterocycles. The van der Waals surface area contributed by atoms with Crippen molar-refractivity contribution in [2.45, 2.75) is 26.6 Å². The molecule has 142 valence electrons. The zero-order valence-electron chi connectivity index (χ0n) is 16.2. The number of benzene rings is 2. The molecule has 0 unspecified atom stereocenters. The second kappa shape index (κ2) is 8.70. The number of hydrogen-bond acceptors (Lipinski definition) is 4. The summed E-state index contributed by atoms with van der Waals surface area (Å²) >= 11 is 0. The average molecular weight is 364 g/mol. The summed E-state index contributed by atoms with van der Waals surface area (Å²) in [4.78, 5) is 5.10. The van der Waals surface area contributed by atoms with Crippen LogP contribution < -0.4 is 5.32 Å². The number of rotatable bonds is 7. The highest BCUT2D eigenvalue weighted by atomic mass is 16.3.